The minimum absolute atomic E-state index is 0. The Kier molecular flexibility index (Phi) is 12.1. The van der Waals surface area contributed by atoms with Gasteiger partial charge in [0, 0.05) is 6.04 Å². The number of hydrogen-bond donors (Lipinski definition) is 1. The maximum atomic E-state index is 6.15. The van der Waals surface area contributed by atoms with Gasteiger partial charge in [-0.2, -0.15) is 0 Å². The fraction of sp³-hybridized carbons (Fsp3) is 0.400. The highest BCUT2D eigenvalue weighted by Crippen LogP contribution is 2.30. The summed E-state index contributed by atoms with van der Waals surface area (Å²) in [5, 5.41) is 3.75. The first-order chi connectivity index (χ1) is 16.1. The minimum atomic E-state index is 0. The molecule has 0 spiro atoms. The highest BCUT2D eigenvalue weighted by atomic mass is 35.5. The van der Waals surface area contributed by atoms with Crippen LogP contribution in [0.5, 0.6) is 5.75 Å². The van der Waals surface area contributed by atoms with Gasteiger partial charge in [-0.1, -0.05) is 60.7 Å². The summed E-state index contributed by atoms with van der Waals surface area (Å²) in [5.74, 6) is 1.70. The second-order valence-electron chi connectivity index (χ2n) is 9.68. The number of halogens is 2. The summed E-state index contributed by atoms with van der Waals surface area (Å²) in [5.41, 5.74) is 6.64. The van der Waals surface area contributed by atoms with Crippen LogP contribution in [0.15, 0.2) is 72.8 Å². The summed E-state index contributed by atoms with van der Waals surface area (Å²) < 4.78 is 6.15. The number of fused-ring (bicyclic) bond motifs is 1. The standard InChI is InChI=1S/C30H38N2O.2ClH/c1-23(31-18-7-19-32(2)3)27-14-15-29-21-30(17-16-28(29)20-27)33-22-24-10-12-26(13-11-24)25-8-5-4-6-9-25;;/h4-6,8-13,16-17,21,23,27,31H,7,14-15,18-20,22H2,1-3H3;2*1H. The summed E-state index contributed by atoms with van der Waals surface area (Å²) in [6.45, 7) is 5.20. The van der Waals surface area contributed by atoms with E-state index < -0.39 is 0 Å². The van der Waals surface area contributed by atoms with E-state index in [1.807, 2.05) is 0 Å². The van der Waals surface area contributed by atoms with E-state index in [9.17, 15) is 0 Å². The predicted molar refractivity (Wildman–Crippen MR) is 153 cm³/mol. The Morgan fingerprint density at radius 2 is 1.63 bits per heavy atom. The van der Waals surface area contributed by atoms with Crippen LogP contribution in [0.25, 0.3) is 11.1 Å². The van der Waals surface area contributed by atoms with Gasteiger partial charge in [-0.25, -0.2) is 0 Å². The second-order valence-corrected chi connectivity index (χ2v) is 9.68. The SMILES string of the molecule is CC(NCCCN(C)C)C1CCc2cc(OCc3ccc(-c4ccccc4)cc3)ccc2C1.Cl.Cl. The van der Waals surface area contributed by atoms with Crippen LogP contribution in [0, 0.1) is 5.92 Å². The normalized spacial score (nSPS) is 15.5. The number of benzene rings is 3. The van der Waals surface area contributed by atoms with Gasteiger partial charge in [0.25, 0.3) is 0 Å². The summed E-state index contributed by atoms with van der Waals surface area (Å²) in [6, 6.07) is 26.4. The van der Waals surface area contributed by atoms with Crippen LogP contribution in [-0.4, -0.2) is 38.1 Å². The Balaban J connectivity index is 0.00000216. The van der Waals surface area contributed by atoms with E-state index in [0.717, 1.165) is 25.3 Å². The van der Waals surface area contributed by atoms with Gasteiger partial charge in [0.05, 0.1) is 0 Å². The first kappa shape index (κ1) is 29.2. The maximum absolute atomic E-state index is 6.15. The van der Waals surface area contributed by atoms with Crippen molar-refractivity contribution in [2.45, 2.75) is 45.3 Å². The van der Waals surface area contributed by atoms with Crippen molar-refractivity contribution in [3.63, 3.8) is 0 Å². The lowest BCUT2D eigenvalue weighted by molar-refractivity contribution is 0.303. The van der Waals surface area contributed by atoms with Crippen molar-refractivity contribution in [1.82, 2.24) is 10.2 Å². The van der Waals surface area contributed by atoms with E-state index in [0.29, 0.717) is 18.6 Å². The van der Waals surface area contributed by atoms with E-state index in [1.54, 1.807) is 0 Å². The Labute approximate surface area is 224 Å². The van der Waals surface area contributed by atoms with E-state index >= 15 is 0 Å². The number of nitrogens with zero attached hydrogens (tertiary/aromatic N) is 1. The molecule has 3 aromatic carbocycles. The number of ether oxygens (including phenoxy) is 1. The average Bonchev–Trinajstić information content (AvgIpc) is 2.85. The molecule has 1 N–H and O–H groups in total. The third-order valence-electron chi connectivity index (χ3n) is 6.87. The second kappa shape index (κ2) is 14.5. The van der Waals surface area contributed by atoms with Crippen LogP contribution >= 0.6 is 24.8 Å². The van der Waals surface area contributed by atoms with Gasteiger partial charge in [-0.05, 0) is 106 Å². The topological polar surface area (TPSA) is 24.5 Å². The van der Waals surface area contributed by atoms with Crippen LogP contribution in [0.3, 0.4) is 0 Å². The molecule has 0 fully saturated rings. The van der Waals surface area contributed by atoms with Crippen molar-refractivity contribution in [2.24, 2.45) is 5.92 Å². The molecule has 0 saturated carbocycles. The van der Waals surface area contributed by atoms with Gasteiger partial charge in [-0.3, -0.25) is 0 Å². The summed E-state index contributed by atoms with van der Waals surface area (Å²) in [7, 11) is 4.28. The number of rotatable bonds is 10. The average molecular weight is 516 g/mol. The monoisotopic (exact) mass is 514 g/mol. The van der Waals surface area contributed by atoms with E-state index in [2.05, 4.69) is 104 Å². The number of hydrogen-bond acceptors (Lipinski definition) is 3. The van der Waals surface area contributed by atoms with Crippen molar-refractivity contribution in [1.29, 1.82) is 0 Å². The lowest BCUT2D eigenvalue weighted by atomic mass is 9.80. The zero-order chi connectivity index (χ0) is 23.0. The zero-order valence-electron chi connectivity index (χ0n) is 21.2. The van der Waals surface area contributed by atoms with Crippen LogP contribution < -0.4 is 10.1 Å². The largest absolute Gasteiger partial charge is 0.489 e. The van der Waals surface area contributed by atoms with Crippen LogP contribution in [-0.2, 0) is 19.4 Å². The summed E-state index contributed by atoms with van der Waals surface area (Å²) >= 11 is 0. The molecule has 3 aromatic rings. The van der Waals surface area contributed by atoms with Gasteiger partial charge < -0.3 is 15.0 Å². The highest BCUT2D eigenvalue weighted by molar-refractivity contribution is 5.85. The first-order valence-electron chi connectivity index (χ1n) is 12.4. The van der Waals surface area contributed by atoms with E-state index in [1.165, 1.54) is 47.1 Å². The molecule has 190 valence electrons. The molecule has 0 bridgehead atoms. The maximum Gasteiger partial charge on any atom is 0.120 e. The summed E-state index contributed by atoms with van der Waals surface area (Å²) in [4.78, 5) is 2.25. The number of aryl methyl sites for hydroxylation is 1. The molecule has 0 heterocycles. The van der Waals surface area contributed by atoms with Gasteiger partial charge in [0.15, 0.2) is 0 Å². The Hall–Kier alpha value is -2.04. The molecule has 0 amide bonds. The number of nitrogens with one attached hydrogen (secondary N) is 1. The van der Waals surface area contributed by atoms with Gasteiger partial charge in [-0.15, -0.1) is 24.8 Å². The predicted octanol–water partition coefficient (Wildman–Crippen LogP) is 6.81. The van der Waals surface area contributed by atoms with Crippen LogP contribution in [0.4, 0.5) is 0 Å². The first-order valence-corrected chi connectivity index (χ1v) is 12.4. The molecule has 2 atom stereocenters. The lowest BCUT2D eigenvalue weighted by Crippen LogP contribution is -2.37. The lowest BCUT2D eigenvalue weighted by Gasteiger charge is -2.30. The molecule has 0 saturated heterocycles. The molecule has 2 unspecified atom stereocenters. The van der Waals surface area contributed by atoms with E-state index in [-0.39, 0.29) is 24.8 Å². The molecular weight excluding hydrogens is 475 g/mol. The Morgan fingerprint density at radius 1 is 0.914 bits per heavy atom. The summed E-state index contributed by atoms with van der Waals surface area (Å²) in [6.07, 6.45) is 4.76. The Bertz CT molecular complexity index is 1010. The van der Waals surface area contributed by atoms with Crippen LogP contribution in [0.2, 0.25) is 0 Å². The van der Waals surface area contributed by atoms with Gasteiger partial charge in [0.1, 0.15) is 12.4 Å². The van der Waals surface area contributed by atoms with Crippen molar-refractivity contribution < 1.29 is 4.74 Å². The molecule has 0 aliphatic heterocycles. The third-order valence-corrected chi connectivity index (χ3v) is 6.87. The fourth-order valence-corrected chi connectivity index (χ4v) is 4.76. The van der Waals surface area contributed by atoms with Gasteiger partial charge in [0.2, 0.25) is 0 Å². The van der Waals surface area contributed by atoms with E-state index in [4.69, 9.17) is 4.74 Å². The molecule has 0 radical (unpaired) electrons. The molecular formula is C30H40Cl2N2O. The van der Waals surface area contributed by atoms with Crippen molar-refractivity contribution in [2.75, 3.05) is 27.2 Å². The zero-order valence-corrected chi connectivity index (χ0v) is 22.8. The smallest absolute Gasteiger partial charge is 0.120 e. The fourth-order valence-electron chi connectivity index (χ4n) is 4.76. The minimum Gasteiger partial charge on any atom is -0.489 e. The molecule has 4 rings (SSSR count). The third kappa shape index (κ3) is 8.54. The van der Waals surface area contributed by atoms with Gasteiger partial charge >= 0.3 is 0 Å². The van der Waals surface area contributed by atoms with Crippen LogP contribution in [0.1, 0.15) is 36.5 Å². The molecule has 1 aliphatic rings. The Morgan fingerprint density at radius 3 is 2.34 bits per heavy atom. The molecule has 5 heteroatoms. The molecule has 1 aliphatic carbocycles. The molecule has 35 heavy (non-hydrogen) atoms. The van der Waals surface area contributed by atoms with Crippen molar-refractivity contribution in [3.05, 3.63) is 89.5 Å². The highest BCUT2D eigenvalue weighted by Gasteiger charge is 2.23. The molecule has 0 aromatic heterocycles. The molecule has 3 nitrogen and oxygen atoms in total. The van der Waals surface area contributed by atoms with Crippen molar-refractivity contribution >= 4 is 24.8 Å². The van der Waals surface area contributed by atoms with Crippen molar-refractivity contribution in [3.8, 4) is 16.9 Å². The quantitative estimate of drug-likeness (QED) is 0.300.